The van der Waals surface area contributed by atoms with Crippen LogP contribution in [-0.2, 0) is 6.42 Å². The Morgan fingerprint density at radius 2 is 2.15 bits per heavy atom. The number of hydrogen-bond donors (Lipinski definition) is 3. The van der Waals surface area contributed by atoms with Crippen LogP contribution in [0.25, 0.3) is 0 Å². The predicted molar refractivity (Wildman–Crippen MR) is 46.8 cm³/mol. The van der Waals surface area contributed by atoms with Crippen LogP contribution in [0.15, 0.2) is 18.2 Å². The molecule has 0 spiro atoms. The molecule has 0 aliphatic heterocycles. The molecule has 4 heteroatoms. The summed E-state index contributed by atoms with van der Waals surface area (Å²) < 4.78 is 12.8. The van der Waals surface area contributed by atoms with E-state index < -0.39 is 17.7 Å². The van der Waals surface area contributed by atoms with Crippen LogP contribution in [0.2, 0.25) is 0 Å². The van der Waals surface area contributed by atoms with E-state index in [1.807, 2.05) is 0 Å². The van der Waals surface area contributed by atoms with Crippen molar-refractivity contribution >= 4 is 0 Å². The molecule has 72 valence electrons. The molecule has 0 amide bonds. The summed E-state index contributed by atoms with van der Waals surface area (Å²) in [4.78, 5) is 0. The summed E-state index contributed by atoms with van der Waals surface area (Å²) in [5, 5.41) is 18.4. The van der Waals surface area contributed by atoms with Gasteiger partial charge in [0.1, 0.15) is 0 Å². The second-order valence-electron chi connectivity index (χ2n) is 2.84. The van der Waals surface area contributed by atoms with Crippen LogP contribution in [0.4, 0.5) is 4.39 Å². The first-order valence-corrected chi connectivity index (χ1v) is 3.99. The number of phenolic OH excluding ortho intramolecular Hbond substituents is 1. The second kappa shape index (κ2) is 4.20. The standard InChI is InChI=1S/C9H12FNO2/c10-8-3-1-2-6(9(8)13)4-7(12)5-11/h1-3,7,12-13H,4-5,11H2. The topological polar surface area (TPSA) is 66.5 Å². The van der Waals surface area contributed by atoms with E-state index in [1.54, 1.807) is 6.07 Å². The minimum atomic E-state index is -0.743. The van der Waals surface area contributed by atoms with Crippen molar-refractivity contribution in [2.45, 2.75) is 12.5 Å². The van der Waals surface area contributed by atoms with E-state index in [-0.39, 0.29) is 13.0 Å². The molecule has 0 saturated carbocycles. The normalized spacial score (nSPS) is 12.8. The van der Waals surface area contributed by atoms with Crippen LogP contribution in [0.5, 0.6) is 5.75 Å². The van der Waals surface area contributed by atoms with Gasteiger partial charge in [-0.3, -0.25) is 0 Å². The molecule has 0 aliphatic rings. The molecule has 1 unspecified atom stereocenters. The fraction of sp³-hybridized carbons (Fsp3) is 0.333. The quantitative estimate of drug-likeness (QED) is 0.638. The van der Waals surface area contributed by atoms with Gasteiger partial charge in [-0.05, 0) is 11.6 Å². The molecule has 4 N–H and O–H groups in total. The summed E-state index contributed by atoms with van der Waals surface area (Å²) in [6.07, 6.45) is -0.576. The molecule has 1 rings (SSSR count). The Morgan fingerprint density at radius 1 is 1.46 bits per heavy atom. The molecule has 1 aromatic carbocycles. The van der Waals surface area contributed by atoms with Gasteiger partial charge in [0.25, 0.3) is 0 Å². The summed E-state index contributed by atoms with van der Waals surface area (Å²) in [5.41, 5.74) is 5.56. The summed E-state index contributed by atoms with van der Waals surface area (Å²) in [5.74, 6) is -1.09. The first kappa shape index (κ1) is 9.95. The summed E-state index contributed by atoms with van der Waals surface area (Å²) >= 11 is 0. The molecular weight excluding hydrogens is 173 g/mol. The lowest BCUT2D eigenvalue weighted by Crippen LogP contribution is -2.22. The van der Waals surface area contributed by atoms with E-state index in [9.17, 15) is 9.50 Å². The zero-order valence-electron chi connectivity index (χ0n) is 7.07. The SMILES string of the molecule is NCC(O)Cc1cccc(F)c1O. The van der Waals surface area contributed by atoms with E-state index in [0.717, 1.165) is 6.07 Å². The van der Waals surface area contributed by atoms with Crippen molar-refractivity contribution in [1.29, 1.82) is 0 Å². The van der Waals surface area contributed by atoms with Crippen LogP contribution in [0.1, 0.15) is 5.56 Å². The van der Waals surface area contributed by atoms with Crippen molar-refractivity contribution in [2.75, 3.05) is 6.54 Å². The number of para-hydroxylation sites is 1. The molecule has 0 aliphatic carbocycles. The maximum absolute atomic E-state index is 12.8. The van der Waals surface area contributed by atoms with E-state index in [4.69, 9.17) is 10.8 Å². The van der Waals surface area contributed by atoms with Gasteiger partial charge in [0, 0.05) is 13.0 Å². The Hall–Kier alpha value is -1.13. The van der Waals surface area contributed by atoms with Crippen molar-refractivity contribution in [3.8, 4) is 5.75 Å². The largest absolute Gasteiger partial charge is 0.505 e. The number of aliphatic hydroxyl groups excluding tert-OH is 1. The first-order chi connectivity index (χ1) is 6.15. The van der Waals surface area contributed by atoms with Crippen LogP contribution in [0.3, 0.4) is 0 Å². The Kier molecular flexibility index (Phi) is 3.22. The fourth-order valence-electron chi connectivity index (χ4n) is 1.06. The lowest BCUT2D eigenvalue weighted by atomic mass is 10.1. The van der Waals surface area contributed by atoms with E-state index in [0.29, 0.717) is 5.56 Å². The third kappa shape index (κ3) is 2.40. The highest BCUT2D eigenvalue weighted by molar-refractivity contribution is 5.33. The molecule has 0 aromatic heterocycles. The molecule has 1 atom stereocenters. The van der Waals surface area contributed by atoms with Crippen LogP contribution in [0, 0.1) is 5.82 Å². The number of halogens is 1. The lowest BCUT2D eigenvalue weighted by molar-refractivity contribution is 0.182. The zero-order valence-corrected chi connectivity index (χ0v) is 7.07. The van der Waals surface area contributed by atoms with Crippen molar-refractivity contribution in [3.05, 3.63) is 29.6 Å². The monoisotopic (exact) mass is 185 g/mol. The zero-order chi connectivity index (χ0) is 9.84. The number of hydrogen-bond acceptors (Lipinski definition) is 3. The van der Waals surface area contributed by atoms with Gasteiger partial charge >= 0.3 is 0 Å². The summed E-state index contributed by atoms with van der Waals surface area (Å²) in [6.45, 7) is 0.0932. The molecule has 0 saturated heterocycles. The van der Waals surface area contributed by atoms with Gasteiger partial charge < -0.3 is 15.9 Å². The molecule has 3 nitrogen and oxygen atoms in total. The molecular formula is C9H12FNO2. The van der Waals surface area contributed by atoms with Gasteiger partial charge in [0.05, 0.1) is 6.10 Å². The Morgan fingerprint density at radius 3 is 2.77 bits per heavy atom. The van der Waals surface area contributed by atoms with E-state index in [2.05, 4.69) is 0 Å². The van der Waals surface area contributed by atoms with Crippen LogP contribution in [-0.4, -0.2) is 22.9 Å². The Bertz CT molecular complexity index is 291. The Labute approximate surface area is 75.6 Å². The van der Waals surface area contributed by atoms with Crippen molar-refractivity contribution in [2.24, 2.45) is 5.73 Å². The van der Waals surface area contributed by atoms with Crippen molar-refractivity contribution in [3.63, 3.8) is 0 Å². The predicted octanol–water partition coefficient (Wildman–Crippen LogP) is 0.393. The third-order valence-corrected chi connectivity index (χ3v) is 1.80. The average Bonchev–Trinajstić information content (AvgIpc) is 2.13. The minimum Gasteiger partial charge on any atom is -0.505 e. The summed E-state index contributed by atoms with van der Waals surface area (Å²) in [6, 6.07) is 4.19. The fourth-order valence-corrected chi connectivity index (χ4v) is 1.06. The van der Waals surface area contributed by atoms with Crippen LogP contribution < -0.4 is 5.73 Å². The third-order valence-electron chi connectivity index (χ3n) is 1.80. The molecule has 0 radical (unpaired) electrons. The van der Waals surface area contributed by atoms with Gasteiger partial charge in [-0.1, -0.05) is 12.1 Å². The minimum absolute atomic E-state index is 0.0932. The molecule has 0 heterocycles. The maximum Gasteiger partial charge on any atom is 0.165 e. The molecule has 0 bridgehead atoms. The summed E-state index contributed by atoms with van der Waals surface area (Å²) in [7, 11) is 0. The molecule has 0 fully saturated rings. The van der Waals surface area contributed by atoms with E-state index in [1.165, 1.54) is 6.07 Å². The molecule has 1 aromatic rings. The number of phenols is 1. The van der Waals surface area contributed by atoms with Crippen molar-refractivity contribution < 1.29 is 14.6 Å². The van der Waals surface area contributed by atoms with Gasteiger partial charge in [-0.15, -0.1) is 0 Å². The van der Waals surface area contributed by atoms with Crippen LogP contribution >= 0.6 is 0 Å². The van der Waals surface area contributed by atoms with Crippen molar-refractivity contribution in [1.82, 2.24) is 0 Å². The van der Waals surface area contributed by atoms with Gasteiger partial charge in [-0.2, -0.15) is 0 Å². The average molecular weight is 185 g/mol. The van der Waals surface area contributed by atoms with Gasteiger partial charge in [0.15, 0.2) is 11.6 Å². The number of aromatic hydroxyl groups is 1. The highest BCUT2D eigenvalue weighted by atomic mass is 19.1. The van der Waals surface area contributed by atoms with E-state index >= 15 is 0 Å². The number of aliphatic hydroxyl groups is 1. The highest BCUT2D eigenvalue weighted by Crippen LogP contribution is 2.21. The number of nitrogens with two attached hydrogens (primary N) is 1. The van der Waals surface area contributed by atoms with Gasteiger partial charge in [-0.25, -0.2) is 4.39 Å². The lowest BCUT2D eigenvalue weighted by Gasteiger charge is -2.09. The van der Waals surface area contributed by atoms with Gasteiger partial charge in [0.2, 0.25) is 0 Å². The number of benzene rings is 1. The highest BCUT2D eigenvalue weighted by Gasteiger charge is 2.09. The Balaban J connectivity index is 2.83. The first-order valence-electron chi connectivity index (χ1n) is 3.99. The molecule has 13 heavy (non-hydrogen) atoms. The number of rotatable bonds is 3. The maximum atomic E-state index is 12.8. The smallest absolute Gasteiger partial charge is 0.165 e. The second-order valence-corrected chi connectivity index (χ2v) is 2.84.